The van der Waals surface area contributed by atoms with E-state index in [0.717, 1.165) is 36.8 Å². The summed E-state index contributed by atoms with van der Waals surface area (Å²) in [4.78, 5) is 11.4. The van der Waals surface area contributed by atoms with Crippen molar-refractivity contribution in [3.8, 4) is 5.88 Å². The maximum Gasteiger partial charge on any atom is 0.221 e. The van der Waals surface area contributed by atoms with E-state index in [1.54, 1.807) is 0 Å². The summed E-state index contributed by atoms with van der Waals surface area (Å²) in [5, 5.41) is 3.11. The van der Waals surface area contributed by atoms with Crippen molar-refractivity contribution in [2.45, 2.75) is 40.5 Å². The van der Waals surface area contributed by atoms with Gasteiger partial charge in [-0.05, 0) is 20.0 Å². The molecule has 1 rings (SSSR count). The monoisotopic (exact) mass is 280 g/mol. The molecule has 5 heteroatoms. The van der Waals surface area contributed by atoms with Gasteiger partial charge in [-0.1, -0.05) is 27.7 Å². The SMILES string of the molecule is CCN(CC)CCOc1nc(C(C)C)nc(NC)c1C. The van der Waals surface area contributed by atoms with Crippen molar-refractivity contribution in [1.29, 1.82) is 0 Å². The van der Waals surface area contributed by atoms with Crippen molar-refractivity contribution in [2.75, 3.05) is 38.6 Å². The third kappa shape index (κ3) is 4.34. The van der Waals surface area contributed by atoms with Crippen LogP contribution in [0.5, 0.6) is 5.88 Å². The van der Waals surface area contributed by atoms with E-state index in [9.17, 15) is 0 Å². The first-order valence-electron chi connectivity index (χ1n) is 7.44. The molecular formula is C15H28N4O. The Balaban J connectivity index is 2.80. The van der Waals surface area contributed by atoms with Crippen LogP contribution in [-0.2, 0) is 0 Å². The van der Waals surface area contributed by atoms with Crippen LogP contribution in [0.15, 0.2) is 0 Å². The summed E-state index contributed by atoms with van der Waals surface area (Å²) in [5.41, 5.74) is 0.969. The molecule has 0 aromatic carbocycles. The van der Waals surface area contributed by atoms with E-state index in [0.29, 0.717) is 12.5 Å². The highest BCUT2D eigenvalue weighted by molar-refractivity contribution is 5.48. The van der Waals surface area contributed by atoms with Gasteiger partial charge in [-0.2, -0.15) is 4.98 Å². The van der Waals surface area contributed by atoms with Crippen LogP contribution in [0.2, 0.25) is 0 Å². The molecule has 0 aliphatic heterocycles. The van der Waals surface area contributed by atoms with Crippen LogP contribution in [0.3, 0.4) is 0 Å². The fourth-order valence-electron chi connectivity index (χ4n) is 1.97. The van der Waals surface area contributed by atoms with Crippen LogP contribution in [0.4, 0.5) is 5.82 Å². The van der Waals surface area contributed by atoms with Crippen molar-refractivity contribution in [2.24, 2.45) is 0 Å². The summed E-state index contributed by atoms with van der Waals surface area (Å²) >= 11 is 0. The molecule has 0 unspecified atom stereocenters. The number of aromatic nitrogens is 2. The van der Waals surface area contributed by atoms with Crippen LogP contribution in [0, 0.1) is 6.92 Å². The Kier molecular flexibility index (Phi) is 6.71. The molecule has 0 saturated carbocycles. The average molecular weight is 280 g/mol. The van der Waals surface area contributed by atoms with Crippen LogP contribution >= 0.6 is 0 Å². The van der Waals surface area contributed by atoms with Gasteiger partial charge in [0.15, 0.2) is 0 Å². The predicted octanol–water partition coefficient (Wildman–Crippen LogP) is 2.67. The first-order chi connectivity index (χ1) is 9.53. The van der Waals surface area contributed by atoms with Gasteiger partial charge in [-0.3, -0.25) is 0 Å². The molecule has 0 spiro atoms. The summed E-state index contributed by atoms with van der Waals surface area (Å²) in [5.74, 6) is 2.65. The number of hydrogen-bond acceptors (Lipinski definition) is 5. The molecule has 1 aromatic heterocycles. The van der Waals surface area contributed by atoms with Gasteiger partial charge in [-0.25, -0.2) is 4.98 Å². The largest absolute Gasteiger partial charge is 0.476 e. The lowest BCUT2D eigenvalue weighted by molar-refractivity contribution is 0.216. The Bertz CT molecular complexity index is 417. The fourth-order valence-corrected chi connectivity index (χ4v) is 1.97. The van der Waals surface area contributed by atoms with Crippen molar-refractivity contribution < 1.29 is 4.74 Å². The van der Waals surface area contributed by atoms with E-state index in [4.69, 9.17) is 4.74 Å². The molecule has 0 aliphatic carbocycles. The Morgan fingerprint density at radius 1 is 1.20 bits per heavy atom. The fraction of sp³-hybridized carbons (Fsp3) is 0.733. The van der Waals surface area contributed by atoms with Gasteiger partial charge in [0.2, 0.25) is 5.88 Å². The molecule has 0 bridgehead atoms. The molecule has 1 aromatic rings. The Morgan fingerprint density at radius 2 is 1.85 bits per heavy atom. The van der Waals surface area contributed by atoms with E-state index in [1.165, 1.54) is 0 Å². The van der Waals surface area contributed by atoms with Gasteiger partial charge in [0.25, 0.3) is 0 Å². The Hall–Kier alpha value is -1.36. The number of nitrogens with one attached hydrogen (secondary N) is 1. The average Bonchev–Trinajstić information content (AvgIpc) is 2.44. The van der Waals surface area contributed by atoms with E-state index in [-0.39, 0.29) is 5.92 Å². The first kappa shape index (κ1) is 16.7. The molecule has 1 N–H and O–H groups in total. The summed E-state index contributed by atoms with van der Waals surface area (Å²) in [6, 6.07) is 0. The van der Waals surface area contributed by atoms with Crippen LogP contribution in [0.1, 0.15) is 45.0 Å². The second kappa shape index (κ2) is 8.04. The lowest BCUT2D eigenvalue weighted by Gasteiger charge is -2.19. The highest BCUT2D eigenvalue weighted by atomic mass is 16.5. The Labute approximate surface area is 122 Å². The molecule has 0 radical (unpaired) electrons. The maximum absolute atomic E-state index is 5.87. The maximum atomic E-state index is 5.87. The zero-order valence-corrected chi connectivity index (χ0v) is 13.7. The number of likely N-dealkylation sites (N-methyl/N-ethyl adjacent to an activating group) is 1. The number of rotatable bonds is 8. The predicted molar refractivity (Wildman–Crippen MR) is 83.7 cm³/mol. The molecule has 0 fully saturated rings. The molecule has 0 saturated heterocycles. The normalized spacial score (nSPS) is 11.2. The van der Waals surface area contributed by atoms with Crippen molar-refractivity contribution in [1.82, 2.24) is 14.9 Å². The zero-order valence-electron chi connectivity index (χ0n) is 13.7. The minimum absolute atomic E-state index is 0.285. The van der Waals surface area contributed by atoms with Crippen LogP contribution in [-0.4, -0.2) is 48.2 Å². The minimum Gasteiger partial charge on any atom is -0.476 e. The molecule has 1 heterocycles. The van der Waals surface area contributed by atoms with Crippen LogP contribution in [0.25, 0.3) is 0 Å². The second-order valence-electron chi connectivity index (χ2n) is 5.14. The van der Waals surface area contributed by atoms with Gasteiger partial charge in [-0.15, -0.1) is 0 Å². The standard InChI is InChI=1S/C15H28N4O/c1-7-19(8-2)9-10-20-15-12(5)14(16-6)17-13(18-15)11(3)4/h11H,7-10H2,1-6H3,(H,16,17,18). The number of anilines is 1. The molecule has 0 amide bonds. The smallest absolute Gasteiger partial charge is 0.221 e. The van der Waals surface area contributed by atoms with E-state index in [2.05, 4.69) is 47.9 Å². The van der Waals surface area contributed by atoms with Crippen molar-refractivity contribution >= 4 is 5.82 Å². The third-order valence-electron chi connectivity index (χ3n) is 3.41. The van der Waals surface area contributed by atoms with Gasteiger partial charge in [0.05, 0.1) is 5.56 Å². The summed E-state index contributed by atoms with van der Waals surface area (Å²) in [6.45, 7) is 14.1. The number of nitrogens with zero attached hydrogens (tertiary/aromatic N) is 3. The number of hydrogen-bond donors (Lipinski definition) is 1. The summed E-state index contributed by atoms with van der Waals surface area (Å²) in [6.07, 6.45) is 0. The number of ether oxygens (including phenoxy) is 1. The summed E-state index contributed by atoms with van der Waals surface area (Å²) in [7, 11) is 1.87. The van der Waals surface area contributed by atoms with Gasteiger partial charge >= 0.3 is 0 Å². The van der Waals surface area contributed by atoms with E-state index in [1.807, 2.05) is 14.0 Å². The molecule has 114 valence electrons. The van der Waals surface area contributed by atoms with E-state index < -0.39 is 0 Å². The minimum atomic E-state index is 0.285. The highest BCUT2D eigenvalue weighted by Crippen LogP contribution is 2.24. The third-order valence-corrected chi connectivity index (χ3v) is 3.41. The molecule has 5 nitrogen and oxygen atoms in total. The summed E-state index contributed by atoms with van der Waals surface area (Å²) < 4.78 is 5.87. The van der Waals surface area contributed by atoms with Gasteiger partial charge in [0.1, 0.15) is 18.2 Å². The topological polar surface area (TPSA) is 50.3 Å². The van der Waals surface area contributed by atoms with Crippen LogP contribution < -0.4 is 10.1 Å². The first-order valence-corrected chi connectivity index (χ1v) is 7.44. The highest BCUT2D eigenvalue weighted by Gasteiger charge is 2.13. The van der Waals surface area contributed by atoms with Crippen molar-refractivity contribution in [3.63, 3.8) is 0 Å². The second-order valence-corrected chi connectivity index (χ2v) is 5.14. The van der Waals surface area contributed by atoms with Gasteiger partial charge < -0.3 is 15.0 Å². The molecule has 20 heavy (non-hydrogen) atoms. The lowest BCUT2D eigenvalue weighted by Crippen LogP contribution is -2.28. The van der Waals surface area contributed by atoms with Gasteiger partial charge in [0, 0.05) is 19.5 Å². The molecule has 0 atom stereocenters. The molecule has 0 aliphatic rings. The lowest BCUT2D eigenvalue weighted by atomic mass is 10.2. The zero-order chi connectivity index (χ0) is 15.1. The van der Waals surface area contributed by atoms with E-state index >= 15 is 0 Å². The molecular weight excluding hydrogens is 252 g/mol. The van der Waals surface area contributed by atoms with Crippen molar-refractivity contribution in [3.05, 3.63) is 11.4 Å². The Morgan fingerprint density at radius 3 is 2.35 bits per heavy atom. The quantitative estimate of drug-likeness (QED) is 0.793.